The van der Waals surface area contributed by atoms with Crippen molar-refractivity contribution in [1.82, 2.24) is 5.16 Å². The van der Waals surface area contributed by atoms with Crippen LogP contribution in [0.15, 0.2) is 28.8 Å². The summed E-state index contributed by atoms with van der Waals surface area (Å²) in [6, 6.07) is 4.13. The first-order chi connectivity index (χ1) is 11.2. The molecule has 10 heteroatoms. The van der Waals surface area contributed by atoms with Gasteiger partial charge in [0.05, 0.1) is 11.9 Å². The quantitative estimate of drug-likeness (QED) is 0.852. The minimum absolute atomic E-state index is 0.0516. The zero-order valence-electron chi connectivity index (χ0n) is 12.9. The van der Waals surface area contributed by atoms with Crippen molar-refractivity contribution in [1.29, 1.82) is 0 Å². The van der Waals surface area contributed by atoms with Crippen molar-refractivity contribution < 1.29 is 26.5 Å². The van der Waals surface area contributed by atoms with Gasteiger partial charge in [-0.3, -0.25) is 9.10 Å². The van der Waals surface area contributed by atoms with Crippen LogP contribution >= 0.6 is 0 Å². The van der Waals surface area contributed by atoms with Crippen LogP contribution in [0, 0.1) is 18.6 Å². The SMILES string of the molecule is Cc1cc(N(CCC(=O)Nc2ccc(F)cc2F)S(C)(=O)=O)no1. The monoisotopic (exact) mass is 359 g/mol. The summed E-state index contributed by atoms with van der Waals surface area (Å²) in [6.07, 6.45) is 0.713. The number of benzene rings is 1. The Balaban J connectivity index is 2.05. The number of carbonyl (C=O) groups is 1. The van der Waals surface area contributed by atoms with Gasteiger partial charge in [-0.15, -0.1) is 0 Å². The van der Waals surface area contributed by atoms with E-state index in [9.17, 15) is 22.0 Å². The third kappa shape index (κ3) is 4.51. The molecule has 0 saturated heterocycles. The van der Waals surface area contributed by atoms with E-state index in [0.717, 1.165) is 22.7 Å². The molecule has 1 aromatic heterocycles. The molecule has 1 N–H and O–H groups in total. The van der Waals surface area contributed by atoms with E-state index < -0.39 is 27.6 Å². The van der Waals surface area contributed by atoms with Crippen molar-refractivity contribution in [3.63, 3.8) is 0 Å². The second-order valence-electron chi connectivity index (χ2n) is 5.05. The molecule has 0 unspecified atom stereocenters. The number of hydrogen-bond acceptors (Lipinski definition) is 5. The van der Waals surface area contributed by atoms with E-state index in [4.69, 9.17) is 4.52 Å². The van der Waals surface area contributed by atoms with Gasteiger partial charge in [0.1, 0.15) is 17.4 Å². The van der Waals surface area contributed by atoms with E-state index in [-0.39, 0.29) is 24.5 Å². The van der Waals surface area contributed by atoms with E-state index in [0.29, 0.717) is 11.8 Å². The van der Waals surface area contributed by atoms with Crippen molar-refractivity contribution in [2.75, 3.05) is 22.4 Å². The number of amides is 1. The molecule has 0 atom stereocenters. The number of carbonyl (C=O) groups excluding carboxylic acids is 1. The molecule has 0 aliphatic heterocycles. The molecule has 1 heterocycles. The zero-order chi connectivity index (χ0) is 17.9. The Hall–Kier alpha value is -2.49. The predicted molar refractivity (Wildman–Crippen MR) is 83.0 cm³/mol. The highest BCUT2D eigenvalue weighted by molar-refractivity contribution is 7.92. The Morgan fingerprint density at radius 3 is 2.58 bits per heavy atom. The van der Waals surface area contributed by atoms with Gasteiger partial charge in [-0.2, -0.15) is 0 Å². The average molecular weight is 359 g/mol. The number of anilines is 2. The number of sulfonamides is 1. The predicted octanol–water partition coefficient (Wildman–Crippen LogP) is 2.06. The molecule has 2 rings (SSSR count). The number of nitrogens with one attached hydrogen (secondary N) is 1. The Morgan fingerprint density at radius 2 is 2.04 bits per heavy atom. The first-order valence-electron chi connectivity index (χ1n) is 6.83. The second-order valence-corrected chi connectivity index (χ2v) is 6.96. The molecule has 0 aliphatic carbocycles. The Labute approximate surface area is 137 Å². The minimum Gasteiger partial charge on any atom is -0.360 e. The van der Waals surface area contributed by atoms with E-state index in [1.54, 1.807) is 6.92 Å². The summed E-state index contributed by atoms with van der Waals surface area (Å²) in [4.78, 5) is 11.9. The maximum absolute atomic E-state index is 13.5. The molecule has 2 aromatic rings. The Kier molecular flexibility index (Phi) is 5.17. The highest BCUT2D eigenvalue weighted by atomic mass is 32.2. The Bertz CT molecular complexity index is 851. The lowest BCUT2D eigenvalue weighted by Gasteiger charge is -2.18. The third-order valence-electron chi connectivity index (χ3n) is 3.02. The number of hydrogen-bond donors (Lipinski definition) is 1. The van der Waals surface area contributed by atoms with Gasteiger partial charge in [0.2, 0.25) is 15.9 Å². The first kappa shape index (κ1) is 17.9. The normalized spacial score (nSPS) is 11.3. The van der Waals surface area contributed by atoms with Crippen LogP contribution in [-0.2, 0) is 14.8 Å². The molecule has 1 amide bonds. The first-order valence-corrected chi connectivity index (χ1v) is 8.67. The summed E-state index contributed by atoms with van der Waals surface area (Å²) in [7, 11) is -3.68. The Morgan fingerprint density at radius 1 is 1.33 bits per heavy atom. The van der Waals surface area contributed by atoms with Crippen LogP contribution in [0.5, 0.6) is 0 Å². The molecule has 0 saturated carbocycles. The summed E-state index contributed by atoms with van der Waals surface area (Å²) < 4.78 is 55.7. The summed E-state index contributed by atoms with van der Waals surface area (Å²) in [5.74, 6) is -1.85. The summed E-state index contributed by atoms with van der Waals surface area (Å²) in [5, 5.41) is 5.86. The average Bonchev–Trinajstić information content (AvgIpc) is 2.87. The van der Waals surface area contributed by atoms with E-state index in [1.807, 2.05) is 0 Å². The number of halogens is 2. The topological polar surface area (TPSA) is 92.5 Å². The molecular weight excluding hydrogens is 344 g/mol. The number of nitrogens with zero attached hydrogens (tertiary/aromatic N) is 2. The van der Waals surface area contributed by atoms with Gasteiger partial charge >= 0.3 is 0 Å². The van der Waals surface area contributed by atoms with Crippen molar-refractivity contribution in [2.24, 2.45) is 0 Å². The highest BCUT2D eigenvalue weighted by Crippen LogP contribution is 2.18. The number of aromatic nitrogens is 1. The van der Waals surface area contributed by atoms with E-state index >= 15 is 0 Å². The van der Waals surface area contributed by atoms with Gasteiger partial charge in [0.25, 0.3) is 0 Å². The van der Waals surface area contributed by atoms with E-state index in [1.165, 1.54) is 6.07 Å². The molecule has 7 nitrogen and oxygen atoms in total. The van der Waals surface area contributed by atoms with Crippen molar-refractivity contribution in [2.45, 2.75) is 13.3 Å². The highest BCUT2D eigenvalue weighted by Gasteiger charge is 2.22. The molecule has 0 aliphatic rings. The summed E-state index contributed by atoms with van der Waals surface area (Å²) >= 11 is 0. The van der Waals surface area contributed by atoms with Crippen LogP contribution in [-0.4, -0.2) is 32.3 Å². The van der Waals surface area contributed by atoms with Gasteiger partial charge in [-0.05, 0) is 19.1 Å². The molecule has 0 spiro atoms. The lowest BCUT2D eigenvalue weighted by Crippen LogP contribution is -2.33. The smallest absolute Gasteiger partial charge is 0.233 e. The van der Waals surface area contributed by atoms with Crippen LogP contribution in [0.3, 0.4) is 0 Å². The van der Waals surface area contributed by atoms with Crippen LogP contribution in [0.4, 0.5) is 20.3 Å². The van der Waals surface area contributed by atoms with Crippen LogP contribution in [0.2, 0.25) is 0 Å². The molecule has 130 valence electrons. The van der Waals surface area contributed by atoms with Gasteiger partial charge < -0.3 is 9.84 Å². The van der Waals surface area contributed by atoms with Crippen molar-refractivity contribution in [3.05, 3.63) is 41.7 Å². The fourth-order valence-corrected chi connectivity index (χ4v) is 2.78. The number of aryl methyl sites for hydroxylation is 1. The largest absolute Gasteiger partial charge is 0.360 e. The molecule has 0 fully saturated rings. The fourth-order valence-electron chi connectivity index (χ4n) is 1.93. The molecular formula is C14H15F2N3O4S. The molecule has 0 radical (unpaired) electrons. The lowest BCUT2D eigenvalue weighted by atomic mass is 10.3. The van der Waals surface area contributed by atoms with E-state index in [2.05, 4.69) is 10.5 Å². The maximum Gasteiger partial charge on any atom is 0.233 e. The van der Waals surface area contributed by atoms with Crippen molar-refractivity contribution in [3.8, 4) is 0 Å². The summed E-state index contributed by atoms with van der Waals surface area (Å²) in [6.45, 7) is 1.39. The van der Waals surface area contributed by atoms with Gasteiger partial charge in [-0.25, -0.2) is 17.2 Å². The van der Waals surface area contributed by atoms with Crippen LogP contribution in [0.25, 0.3) is 0 Å². The second kappa shape index (κ2) is 6.95. The third-order valence-corrected chi connectivity index (χ3v) is 4.19. The molecule has 0 bridgehead atoms. The van der Waals surface area contributed by atoms with Crippen molar-refractivity contribution >= 4 is 27.4 Å². The summed E-state index contributed by atoms with van der Waals surface area (Å²) in [5.41, 5.74) is -0.190. The zero-order valence-corrected chi connectivity index (χ0v) is 13.7. The standard InChI is InChI=1S/C14H15F2N3O4S/c1-9-7-13(18-23-9)19(24(2,21)22)6-5-14(20)17-12-4-3-10(15)8-11(12)16/h3-4,7-8H,5-6H2,1-2H3,(H,17,20). The van der Waals surface area contributed by atoms with Gasteiger partial charge in [0, 0.05) is 25.1 Å². The molecule has 1 aromatic carbocycles. The minimum atomic E-state index is -3.68. The lowest BCUT2D eigenvalue weighted by molar-refractivity contribution is -0.116. The molecule has 24 heavy (non-hydrogen) atoms. The number of rotatable bonds is 6. The fraction of sp³-hybridized carbons (Fsp3) is 0.286. The maximum atomic E-state index is 13.5. The van der Waals surface area contributed by atoms with Gasteiger partial charge in [-0.1, -0.05) is 5.16 Å². The van der Waals surface area contributed by atoms with Gasteiger partial charge in [0.15, 0.2) is 5.82 Å². The van der Waals surface area contributed by atoms with Crippen LogP contribution in [0.1, 0.15) is 12.2 Å². The van der Waals surface area contributed by atoms with Crippen LogP contribution < -0.4 is 9.62 Å².